The second-order valence-corrected chi connectivity index (χ2v) is 15.9. The first kappa shape index (κ1) is 29.1. The number of nitro benzene ring substituents is 1. The standard InChI is InChI=1S/C18H6BrCl12NO2/c19-5-1-3-4(2-6(5)32(33)34)8-10(18(30,31)14(23)12(21)16(8,26)27)9-7(3)15(24,25)11(20)13(22)17(9,28)29/h1-2,7-10H/t7-,8-,9+,10+/m1/s1. The minimum absolute atomic E-state index is 0.109. The summed E-state index contributed by atoms with van der Waals surface area (Å²) in [6.07, 6.45) is 0. The Hall–Kier alpha value is 2.06. The molecule has 1 aromatic carbocycles. The molecule has 0 aromatic heterocycles. The Bertz CT molecular complexity index is 1190. The van der Waals surface area contributed by atoms with E-state index < -0.39 is 45.9 Å². The SMILES string of the molecule is O=[N+]([O-])c1cc2c(cc1Br)[C@@H]1[C@@H]([C@@H]3[C@@H]2C(Cl)(Cl)C(Cl)=C(Cl)C3(Cl)Cl)C(Cl)(Cl)C(Cl)=C(Cl)C1(Cl)Cl. The van der Waals surface area contributed by atoms with Gasteiger partial charge in [-0.15, -0.1) is 0 Å². The average molecular weight is 774 g/mol. The lowest BCUT2D eigenvalue weighted by atomic mass is 9.56. The quantitative estimate of drug-likeness (QED) is 0.162. The van der Waals surface area contributed by atoms with Crippen molar-refractivity contribution in [1.29, 1.82) is 0 Å². The molecule has 186 valence electrons. The molecule has 0 bridgehead atoms. The highest BCUT2D eigenvalue weighted by atomic mass is 79.9. The van der Waals surface area contributed by atoms with Crippen LogP contribution in [-0.4, -0.2) is 22.3 Å². The van der Waals surface area contributed by atoms with Gasteiger partial charge in [0.05, 0.1) is 29.5 Å². The van der Waals surface area contributed by atoms with Gasteiger partial charge in [0.2, 0.25) is 0 Å². The number of hydrogen-bond donors (Lipinski definition) is 0. The zero-order chi connectivity index (χ0) is 25.9. The Balaban J connectivity index is 2.21. The fourth-order valence-corrected chi connectivity index (χ4v) is 9.73. The summed E-state index contributed by atoms with van der Waals surface area (Å²) < 4.78 is -7.70. The molecule has 3 aliphatic carbocycles. The Labute approximate surface area is 262 Å². The molecule has 0 aliphatic heterocycles. The number of hydrogen-bond acceptors (Lipinski definition) is 2. The van der Waals surface area contributed by atoms with Crippen LogP contribution in [0, 0.1) is 22.0 Å². The van der Waals surface area contributed by atoms with E-state index in [4.69, 9.17) is 139 Å². The third-order valence-corrected chi connectivity index (χ3v) is 13.3. The number of nitrogens with zero attached hydrogens (tertiary/aromatic N) is 1. The van der Waals surface area contributed by atoms with Gasteiger partial charge >= 0.3 is 0 Å². The zero-order valence-electron chi connectivity index (χ0n) is 15.6. The van der Waals surface area contributed by atoms with Gasteiger partial charge in [-0.25, -0.2) is 0 Å². The summed E-state index contributed by atoms with van der Waals surface area (Å²) in [5.41, 5.74) is 0.273. The number of rotatable bonds is 1. The zero-order valence-corrected chi connectivity index (χ0v) is 26.3. The molecule has 1 aromatic rings. The van der Waals surface area contributed by atoms with Gasteiger partial charge in [0.15, 0.2) is 17.3 Å². The minimum Gasteiger partial charge on any atom is -0.258 e. The van der Waals surface area contributed by atoms with Gasteiger partial charge in [-0.05, 0) is 33.1 Å². The van der Waals surface area contributed by atoms with Crippen molar-refractivity contribution >= 4 is 161 Å². The minimum atomic E-state index is -1.99. The van der Waals surface area contributed by atoms with Crippen molar-refractivity contribution < 1.29 is 4.92 Å². The van der Waals surface area contributed by atoms with Gasteiger partial charge < -0.3 is 0 Å². The van der Waals surface area contributed by atoms with E-state index >= 15 is 0 Å². The van der Waals surface area contributed by atoms with Crippen LogP contribution >= 0.6 is 155 Å². The molecule has 16 heteroatoms. The number of nitro groups is 1. The van der Waals surface area contributed by atoms with E-state index in [9.17, 15) is 10.1 Å². The summed E-state index contributed by atoms with van der Waals surface area (Å²) in [6.45, 7) is 0. The van der Waals surface area contributed by atoms with Crippen LogP contribution in [0.3, 0.4) is 0 Å². The van der Waals surface area contributed by atoms with Crippen molar-refractivity contribution in [3.05, 3.63) is 58.0 Å². The van der Waals surface area contributed by atoms with Crippen molar-refractivity contribution in [3.8, 4) is 0 Å². The van der Waals surface area contributed by atoms with Crippen LogP contribution in [0.25, 0.3) is 0 Å². The molecule has 0 N–H and O–H groups in total. The smallest absolute Gasteiger partial charge is 0.258 e. The maximum Gasteiger partial charge on any atom is 0.283 e. The van der Waals surface area contributed by atoms with Gasteiger partial charge in [0, 0.05) is 29.7 Å². The van der Waals surface area contributed by atoms with Crippen molar-refractivity contribution in [3.63, 3.8) is 0 Å². The Morgan fingerprint density at radius 1 is 0.676 bits per heavy atom. The van der Waals surface area contributed by atoms with Crippen molar-refractivity contribution in [2.75, 3.05) is 0 Å². The summed E-state index contributed by atoms with van der Waals surface area (Å²) in [7, 11) is 0. The van der Waals surface area contributed by atoms with Crippen LogP contribution in [0.2, 0.25) is 0 Å². The van der Waals surface area contributed by atoms with Crippen LogP contribution in [-0.2, 0) is 0 Å². The fourth-order valence-electron chi connectivity index (χ4n) is 4.94. The summed E-state index contributed by atoms with van der Waals surface area (Å²) in [4.78, 5) is 11.1. The Morgan fingerprint density at radius 3 is 1.35 bits per heavy atom. The number of halogens is 13. The van der Waals surface area contributed by atoms with E-state index in [0.29, 0.717) is 5.56 Å². The molecule has 34 heavy (non-hydrogen) atoms. The molecule has 0 radical (unpaired) electrons. The molecule has 4 atom stereocenters. The van der Waals surface area contributed by atoms with E-state index in [1.807, 2.05) is 0 Å². The highest BCUT2D eigenvalue weighted by Gasteiger charge is 2.72. The van der Waals surface area contributed by atoms with Crippen LogP contribution in [0.4, 0.5) is 5.69 Å². The van der Waals surface area contributed by atoms with Crippen molar-refractivity contribution in [2.45, 2.75) is 29.2 Å². The lowest BCUT2D eigenvalue weighted by Crippen LogP contribution is -2.60. The number of benzene rings is 1. The van der Waals surface area contributed by atoms with E-state index in [1.165, 1.54) is 12.1 Å². The largest absolute Gasteiger partial charge is 0.283 e. The number of fused-ring (bicyclic) bond motifs is 6. The van der Waals surface area contributed by atoms with Crippen LogP contribution in [0.5, 0.6) is 0 Å². The fraction of sp³-hybridized carbons (Fsp3) is 0.444. The topological polar surface area (TPSA) is 43.1 Å². The number of alkyl halides is 8. The molecule has 0 saturated heterocycles. The molecule has 0 amide bonds. The summed E-state index contributed by atoms with van der Waals surface area (Å²) >= 11 is 83.1. The summed E-state index contributed by atoms with van der Waals surface area (Å²) in [5, 5.41) is 10.7. The highest BCUT2D eigenvalue weighted by Crippen LogP contribution is 2.75. The molecule has 0 unspecified atom stereocenters. The molecule has 0 saturated carbocycles. The first-order valence-corrected chi connectivity index (χ1v) is 14.3. The predicted molar refractivity (Wildman–Crippen MR) is 148 cm³/mol. The Kier molecular flexibility index (Phi) is 7.73. The molecule has 3 aliphatic rings. The predicted octanol–water partition coefficient (Wildman–Crippen LogP) is 10.9. The lowest BCUT2D eigenvalue weighted by Gasteiger charge is -2.60. The van der Waals surface area contributed by atoms with Crippen molar-refractivity contribution in [1.82, 2.24) is 0 Å². The molecular weight excluding hydrogens is 768 g/mol. The van der Waals surface area contributed by atoms with E-state index in [2.05, 4.69) is 15.9 Å². The highest BCUT2D eigenvalue weighted by molar-refractivity contribution is 9.10. The Morgan fingerprint density at radius 2 is 1.00 bits per heavy atom. The third kappa shape index (κ3) is 3.87. The molecule has 0 heterocycles. The second kappa shape index (κ2) is 9.04. The van der Waals surface area contributed by atoms with Crippen LogP contribution in [0.15, 0.2) is 36.7 Å². The van der Waals surface area contributed by atoms with Crippen molar-refractivity contribution in [2.24, 2.45) is 11.8 Å². The lowest BCUT2D eigenvalue weighted by molar-refractivity contribution is -0.385. The van der Waals surface area contributed by atoms with Gasteiger partial charge in [0.1, 0.15) is 0 Å². The average Bonchev–Trinajstić information content (AvgIpc) is 2.72. The summed E-state index contributed by atoms with van der Waals surface area (Å²) in [5.74, 6) is -4.41. The van der Waals surface area contributed by atoms with E-state index in [-0.39, 0.29) is 35.9 Å². The maximum atomic E-state index is 11.7. The van der Waals surface area contributed by atoms with E-state index in [0.717, 1.165) is 0 Å². The first-order chi connectivity index (χ1) is 15.3. The van der Waals surface area contributed by atoms with Gasteiger partial charge in [-0.2, -0.15) is 0 Å². The summed E-state index contributed by atoms with van der Waals surface area (Å²) in [6, 6.07) is 2.69. The van der Waals surface area contributed by atoms with Gasteiger partial charge in [-0.3, -0.25) is 10.1 Å². The molecule has 0 fully saturated rings. The van der Waals surface area contributed by atoms with Crippen LogP contribution < -0.4 is 0 Å². The molecular formula is C18H6BrCl12NO2. The molecule has 3 nitrogen and oxygen atoms in total. The van der Waals surface area contributed by atoms with Gasteiger partial charge in [0.25, 0.3) is 5.69 Å². The van der Waals surface area contributed by atoms with Crippen LogP contribution in [0.1, 0.15) is 23.0 Å². The molecule has 0 spiro atoms. The second-order valence-electron chi connectivity index (χ2n) is 7.94. The normalized spacial score (nSPS) is 32.6. The molecule has 4 rings (SSSR count). The first-order valence-electron chi connectivity index (χ1n) is 8.93. The third-order valence-electron chi connectivity index (χ3n) is 6.30. The van der Waals surface area contributed by atoms with Gasteiger partial charge in [-0.1, -0.05) is 139 Å². The maximum absolute atomic E-state index is 11.7. The number of allylic oxidation sites excluding steroid dienone is 4. The monoisotopic (exact) mass is 767 g/mol. The van der Waals surface area contributed by atoms with E-state index in [1.54, 1.807) is 0 Å².